The molecule has 2 atom stereocenters. The second-order valence-electron chi connectivity index (χ2n) is 8.25. The number of nitrogens with zero attached hydrogens (tertiary/aromatic N) is 4. The summed E-state index contributed by atoms with van der Waals surface area (Å²) in [6, 6.07) is 2.40. The van der Waals surface area contributed by atoms with Gasteiger partial charge in [-0.05, 0) is 31.4 Å². The number of aryl methyl sites for hydroxylation is 1. The van der Waals surface area contributed by atoms with Crippen LogP contribution in [0.3, 0.4) is 0 Å². The standard InChI is InChI=1S/C24H26FN7O3/c1-5-21(33)31-11-15(9-16(31)12-35-4)32-24(27-3)22(23(26)34)18(30-32)7-6-14-8-19-20(10-17(14)25)29-13(2)28-19/h5,8,10,15-16,27H,1,9,11-12H2,2-4H3,(H2,26,34)(H,28,29)/t15-,16+/m0/s1. The molecule has 35 heavy (non-hydrogen) atoms. The number of nitrogens with one attached hydrogen (secondary N) is 2. The van der Waals surface area contributed by atoms with Crippen molar-refractivity contribution >= 4 is 28.7 Å². The molecule has 0 spiro atoms. The Morgan fingerprint density at radius 1 is 1.43 bits per heavy atom. The zero-order chi connectivity index (χ0) is 25.3. The Kier molecular flexibility index (Phi) is 6.57. The van der Waals surface area contributed by atoms with E-state index in [1.165, 1.54) is 18.2 Å². The number of amides is 2. The van der Waals surface area contributed by atoms with Gasteiger partial charge in [0, 0.05) is 26.8 Å². The van der Waals surface area contributed by atoms with Crippen LogP contribution in [0.4, 0.5) is 10.2 Å². The van der Waals surface area contributed by atoms with Crippen molar-refractivity contribution in [3.8, 4) is 11.8 Å². The molecule has 182 valence electrons. The molecular weight excluding hydrogens is 453 g/mol. The minimum Gasteiger partial charge on any atom is -0.383 e. The van der Waals surface area contributed by atoms with Crippen molar-refractivity contribution in [3.05, 3.63) is 53.3 Å². The van der Waals surface area contributed by atoms with Crippen molar-refractivity contribution in [2.45, 2.75) is 25.4 Å². The van der Waals surface area contributed by atoms with Crippen LogP contribution in [0.5, 0.6) is 0 Å². The fraction of sp³-hybridized carbons (Fsp3) is 0.333. The van der Waals surface area contributed by atoms with Crippen LogP contribution in [0.2, 0.25) is 0 Å². The van der Waals surface area contributed by atoms with E-state index in [-0.39, 0.29) is 34.8 Å². The summed E-state index contributed by atoms with van der Waals surface area (Å²) in [6.45, 7) is 6.03. The number of aromatic nitrogens is 4. The molecule has 3 heterocycles. The Morgan fingerprint density at radius 3 is 2.86 bits per heavy atom. The molecule has 1 fully saturated rings. The van der Waals surface area contributed by atoms with Gasteiger partial charge in [-0.15, -0.1) is 0 Å². The number of aromatic amines is 1. The van der Waals surface area contributed by atoms with E-state index in [0.717, 1.165) is 0 Å². The summed E-state index contributed by atoms with van der Waals surface area (Å²) in [6.07, 6.45) is 1.80. The van der Waals surface area contributed by atoms with Gasteiger partial charge in [-0.3, -0.25) is 9.59 Å². The number of nitrogens with two attached hydrogens (primary N) is 1. The highest BCUT2D eigenvalue weighted by molar-refractivity contribution is 6.00. The largest absolute Gasteiger partial charge is 0.383 e. The third kappa shape index (κ3) is 4.48. The Labute approximate surface area is 201 Å². The Balaban J connectivity index is 1.75. The lowest BCUT2D eigenvalue weighted by atomic mass is 10.1. The lowest BCUT2D eigenvalue weighted by Gasteiger charge is -2.22. The van der Waals surface area contributed by atoms with Crippen LogP contribution in [-0.4, -0.2) is 69.8 Å². The van der Waals surface area contributed by atoms with Gasteiger partial charge >= 0.3 is 0 Å². The van der Waals surface area contributed by atoms with Crippen molar-refractivity contribution in [2.24, 2.45) is 5.73 Å². The Bertz CT molecular complexity index is 1380. The minimum absolute atomic E-state index is 0.0916. The molecule has 1 aliphatic heterocycles. The molecule has 1 aromatic carbocycles. The number of carbonyl (C=O) groups is 2. The smallest absolute Gasteiger partial charge is 0.255 e. The summed E-state index contributed by atoms with van der Waals surface area (Å²) >= 11 is 0. The van der Waals surface area contributed by atoms with Crippen LogP contribution in [0.15, 0.2) is 24.8 Å². The topological polar surface area (TPSA) is 131 Å². The summed E-state index contributed by atoms with van der Waals surface area (Å²) in [5, 5.41) is 7.51. The van der Waals surface area contributed by atoms with E-state index >= 15 is 0 Å². The molecule has 1 aliphatic rings. The first-order valence-corrected chi connectivity index (χ1v) is 11.0. The fourth-order valence-electron chi connectivity index (χ4n) is 4.45. The number of carbonyl (C=O) groups excluding carboxylic acids is 2. The molecule has 4 rings (SSSR count). The third-order valence-electron chi connectivity index (χ3n) is 5.95. The average Bonchev–Trinajstić information content (AvgIpc) is 3.50. The van der Waals surface area contributed by atoms with Crippen LogP contribution in [0, 0.1) is 24.6 Å². The van der Waals surface area contributed by atoms with Gasteiger partial charge in [0.25, 0.3) is 5.91 Å². The Morgan fingerprint density at radius 2 is 2.20 bits per heavy atom. The predicted octanol–water partition coefficient (Wildman–Crippen LogP) is 1.72. The summed E-state index contributed by atoms with van der Waals surface area (Å²) in [7, 11) is 3.20. The molecule has 2 aromatic heterocycles. The van der Waals surface area contributed by atoms with E-state index in [1.54, 1.807) is 30.7 Å². The summed E-state index contributed by atoms with van der Waals surface area (Å²) in [4.78, 5) is 33.7. The number of rotatable bonds is 6. The van der Waals surface area contributed by atoms with Crippen LogP contribution in [0.1, 0.15) is 39.9 Å². The summed E-state index contributed by atoms with van der Waals surface area (Å²) in [5.41, 5.74) is 7.12. The quantitative estimate of drug-likeness (QED) is 0.365. The lowest BCUT2D eigenvalue weighted by Crippen LogP contribution is -2.37. The van der Waals surface area contributed by atoms with Crippen molar-refractivity contribution in [1.29, 1.82) is 0 Å². The minimum atomic E-state index is -0.728. The number of ether oxygens (including phenoxy) is 1. The van der Waals surface area contributed by atoms with Crippen LogP contribution in [-0.2, 0) is 9.53 Å². The monoisotopic (exact) mass is 479 g/mol. The Hall–Kier alpha value is -4.17. The van der Waals surface area contributed by atoms with Gasteiger partial charge in [0.05, 0.1) is 35.3 Å². The molecular formula is C24H26FN7O3. The number of H-pyrrole nitrogens is 1. The molecule has 10 nitrogen and oxygen atoms in total. The van der Waals surface area contributed by atoms with E-state index in [4.69, 9.17) is 10.5 Å². The maximum atomic E-state index is 14.6. The second-order valence-corrected chi connectivity index (χ2v) is 8.25. The van der Waals surface area contributed by atoms with Gasteiger partial charge in [-0.25, -0.2) is 14.1 Å². The highest BCUT2D eigenvalue weighted by atomic mass is 19.1. The molecule has 0 unspecified atom stereocenters. The second kappa shape index (κ2) is 9.60. The number of hydrogen-bond donors (Lipinski definition) is 3. The van der Waals surface area contributed by atoms with Gasteiger partial charge in [0.2, 0.25) is 5.91 Å². The number of benzene rings is 1. The molecule has 0 radical (unpaired) electrons. The van der Waals surface area contributed by atoms with E-state index in [2.05, 4.69) is 38.8 Å². The van der Waals surface area contributed by atoms with Gasteiger partial charge in [0.1, 0.15) is 23.0 Å². The number of halogens is 1. The zero-order valence-corrected chi connectivity index (χ0v) is 19.7. The fourth-order valence-corrected chi connectivity index (χ4v) is 4.45. The molecule has 3 aromatic rings. The van der Waals surface area contributed by atoms with Crippen LogP contribution in [0.25, 0.3) is 11.0 Å². The first-order valence-electron chi connectivity index (χ1n) is 11.0. The maximum Gasteiger partial charge on any atom is 0.255 e. The number of fused-ring (bicyclic) bond motifs is 1. The molecule has 2 amide bonds. The van der Waals surface area contributed by atoms with E-state index < -0.39 is 11.7 Å². The van der Waals surface area contributed by atoms with Gasteiger partial charge in [0.15, 0.2) is 5.69 Å². The number of hydrogen-bond acceptors (Lipinski definition) is 6. The number of primary amides is 1. The first kappa shape index (κ1) is 24.0. The molecule has 0 bridgehead atoms. The number of methoxy groups -OCH3 is 1. The van der Waals surface area contributed by atoms with Crippen molar-refractivity contribution in [2.75, 3.05) is 32.6 Å². The van der Waals surface area contributed by atoms with E-state index in [9.17, 15) is 14.0 Å². The third-order valence-corrected chi connectivity index (χ3v) is 5.95. The van der Waals surface area contributed by atoms with Crippen LogP contribution < -0.4 is 11.1 Å². The zero-order valence-electron chi connectivity index (χ0n) is 19.7. The average molecular weight is 480 g/mol. The maximum absolute atomic E-state index is 14.6. The SMILES string of the molecule is C=CC(=O)N1C[C@@H](n2nc(C#Cc3cc4nc(C)[nH]c4cc3F)c(C(N)=O)c2NC)C[C@@H]1COC. The number of anilines is 1. The summed E-state index contributed by atoms with van der Waals surface area (Å²) in [5.74, 6) is 5.11. The van der Waals surface area contributed by atoms with Gasteiger partial charge in [-0.2, -0.15) is 5.10 Å². The van der Waals surface area contributed by atoms with E-state index in [0.29, 0.717) is 42.2 Å². The lowest BCUT2D eigenvalue weighted by molar-refractivity contribution is -0.127. The van der Waals surface area contributed by atoms with Gasteiger partial charge < -0.3 is 25.7 Å². The summed E-state index contributed by atoms with van der Waals surface area (Å²) < 4.78 is 21.5. The molecule has 11 heteroatoms. The molecule has 0 aliphatic carbocycles. The predicted molar refractivity (Wildman–Crippen MR) is 128 cm³/mol. The van der Waals surface area contributed by atoms with Crippen molar-refractivity contribution < 1.29 is 18.7 Å². The number of imidazole rings is 1. The van der Waals surface area contributed by atoms with Crippen LogP contribution >= 0.6 is 0 Å². The molecule has 4 N–H and O–H groups in total. The highest BCUT2D eigenvalue weighted by Gasteiger charge is 2.37. The molecule has 0 saturated carbocycles. The molecule has 1 saturated heterocycles. The number of likely N-dealkylation sites (tertiary alicyclic amines) is 1. The normalized spacial score (nSPS) is 17.3. The highest BCUT2D eigenvalue weighted by Crippen LogP contribution is 2.32. The van der Waals surface area contributed by atoms with E-state index in [1.807, 2.05) is 0 Å². The van der Waals surface area contributed by atoms with Crippen molar-refractivity contribution in [3.63, 3.8) is 0 Å². The first-order chi connectivity index (χ1) is 16.8. The van der Waals surface area contributed by atoms with Gasteiger partial charge in [-0.1, -0.05) is 12.5 Å². The van der Waals surface area contributed by atoms with Crippen molar-refractivity contribution in [1.82, 2.24) is 24.6 Å².